The Morgan fingerprint density at radius 2 is 1.81 bits per heavy atom. The summed E-state index contributed by atoms with van der Waals surface area (Å²) in [6, 6.07) is 3.92. The Kier molecular flexibility index (Phi) is 8.70. The van der Waals surface area contributed by atoms with Crippen molar-refractivity contribution in [1.29, 1.82) is 0 Å². The van der Waals surface area contributed by atoms with Gasteiger partial charge in [-0.15, -0.1) is 0 Å². The number of carbonyl (C=O) groups is 3. The van der Waals surface area contributed by atoms with Gasteiger partial charge in [-0.3, -0.25) is 25.2 Å². The predicted molar refractivity (Wildman–Crippen MR) is 92.8 cm³/mol. The van der Waals surface area contributed by atoms with Crippen molar-refractivity contribution in [3.63, 3.8) is 0 Å². The molecule has 0 aliphatic rings. The predicted octanol–water partition coefficient (Wildman–Crippen LogP) is 1.37. The summed E-state index contributed by atoms with van der Waals surface area (Å²) in [7, 11) is 0. The molecule has 0 aliphatic heterocycles. The standard InChI is InChI=1S/C17H21F2N3O5/c1-4-26-13-9-11(5-7-12(13)27-17(18)19)6-8-14(23)21-22-16(25)15(24)20-10(2)3/h5-10,17H,4H2,1-3H3,(H,20,24)(H,21,23)(H,22,25)/b8-6+. The van der Waals surface area contributed by atoms with Gasteiger partial charge < -0.3 is 14.8 Å². The summed E-state index contributed by atoms with van der Waals surface area (Å²) in [5, 5.41) is 2.36. The third-order valence-corrected chi connectivity index (χ3v) is 2.84. The monoisotopic (exact) mass is 385 g/mol. The van der Waals surface area contributed by atoms with Crippen molar-refractivity contribution < 1.29 is 32.6 Å². The van der Waals surface area contributed by atoms with E-state index in [-0.39, 0.29) is 24.1 Å². The van der Waals surface area contributed by atoms with Crippen molar-refractivity contribution >= 4 is 23.8 Å². The van der Waals surface area contributed by atoms with Crippen LogP contribution >= 0.6 is 0 Å². The second-order valence-corrected chi connectivity index (χ2v) is 5.42. The Labute approximate surface area is 154 Å². The first-order valence-corrected chi connectivity index (χ1v) is 8.03. The molecule has 27 heavy (non-hydrogen) atoms. The Hall–Kier alpha value is -3.17. The summed E-state index contributed by atoms with van der Waals surface area (Å²) < 4.78 is 34.3. The minimum Gasteiger partial charge on any atom is -0.490 e. The Morgan fingerprint density at radius 3 is 2.41 bits per heavy atom. The zero-order valence-corrected chi connectivity index (χ0v) is 15.0. The molecule has 0 aromatic heterocycles. The van der Waals surface area contributed by atoms with Crippen LogP contribution in [0.25, 0.3) is 6.08 Å². The van der Waals surface area contributed by atoms with Gasteiger partial charge in [-0.1, -0.05) is 6.07 Å². The van der Waals surface area contributed by atoms with Crippen LogP contribution in [0.2, 0.25) is 0 Å². The first-order valence-electron chi connectivity index (χ1n) is 8.03. The van der Waals surface area contributed by atoms with E-state index in [2.05, 4.69) is 10.1 Å². The van der Waals surface area contributed by atoms with E-state index in [4.69, 9.17) is 4.74 Å². The lowest BCUT2D eigenvalue weighted by atomic mass is 10.2. The number of ether oxygens (including phenoxy) is 2. The molecule has 0 radical (unpaired) electrons. The average molecular weight is 385 g/mol. The number of alkyl halides is 2. The lowest BCUT2D eigenvalue weighted by Gasteiger charge is -2.11. The van der Waals surface area contributed by atoms with Crippen molar-refractivity contribution in [3.8, 4) is 11.5 Å². The van der Waals surface area contributed by atoms with E-state index < -0.39 is 24.3 Å². The third kappa shape index (κ3) is 8.17. The van der Waals surface area contributed by atoms with Crippen LogP contribution in [-0.4, -0.2) is 37.0 Å². The maximum absolute atomic E-state index is 12.4. The highest BCUT2D eigenvalue weighted by Crippen LogP contribution is 2.30. The topological polar surface area (TPSA) is 106 Å². The number of rotatable bonds is 7. The van der Waals surface area contributed by atoms with Crippen LogP contribution in [0, 0.1) is 0 Å². The van der Waals surface area contributed by atoms with Gasteiger partial charge in [0.25, 0.3) is 5.91 Å². The molecule has 1 rings (SSSR count). The second kappa shape index (κ2) is 10.7. The molecule has 0 saturated heterocycles. The van der Waals surface area contributed by atoms with Crippen LogP contribution in [0.4, 0.5) is 8.78 Å². The summed E-state index contributed by atoms with van der Waals surface area (Å²) in [6.07, 6.45) is 2.45. The molecule has 0 fully saturated rings. The maximum atomic E-state index is 12.4. The quantitative estimate of drug-likeness (QED) is 0.374. The van der Waals surface area contributed by atoms with E-state index in [0.29, 0.717) is 5.56 Å². The summed E-state index contributed by atoms with van der Waals surface area (Å²) in [4.78, 5) is 34.5. The number of hydrogen-bond acceptors (Lipinski definition) is 5. The van der Waals surface area contributed by atoms with Gasteiger partial charge in [0.05, 0.1) is 6.61 Å². The van der Waals surface area contributed by atoms with Gasteiger partial charge in [-0.2, -0.15) is 8.78 Å². The Bertz CT molecular complexity index is 708. The van der Waals surface area contributed by atoms with Crippen LogP contribution in [0.15, 0.2) is 24.3 Å². The summed E-state index contributed by atoms with van der Waals surface area (Å²) in [6.45, 7) is 2.28. The van der Waals surface area contributed by atoms with E-state index in [1.807, 2.05) is 10.9 Å². The average Bonchev–Trinajstić information content (AvgIpc) is 2.59. The van der Waals surface area contributed by atoms with Crippen molar-refractivity contribution in [2.45, 2.75) is 33.4 Å². The highest BCUT2D eigenvalue weighted by atomic mass is 19.3. The number of amides is 3. The van der Waals surface area contributed by atoms with Crippen molar-refractivity contribution in [2.75, 3.05) is 6.61 Å². The number of benzene rings is 1. The number of hydrogen-bond donors (Lipinski definition) is 3. The SMILES string of the molecule is CCOc1cc(/C=C/C(=O)NNC(=O)C(=O)NC(C)C)ccc1OC(F)F. The van der Waals surface area contributed by atoms with Crippen molar-refractivity contribution in [2.24, 2.45) is 0 Å². The fourth-order valence-electron chi connectivity index (χ4n) is 1.81. The molecule has 8 nitrogen and oxygen atoms in total. The fraction of sp³-hybridized carbons (Fsp3) is 0.353. The molecule has 148 valence electrons. The van der Waals surface area contributed by atoms with E-state index in [0.717, 1.165) is 6.08 Å². The van der Waals surface area contributed by atoms with Crippen molar-refractivity contribution in [1.82, 2.24) is 16.2 Å². The molecule has 0 unspecified atom stereocenters. The highest BCUT2D eigenvalue weighted by Gasteiger charge is 2.14. The van der Waals surface area contributed by atoms with E-state index >= 15 is 0 Å². The molecular formula is C17H21F2N3O5. The molecule has 0 heterocycles. The molecular weight excluding hydrogens is 364 g/mol. The van der Waals surface area contributed by atoms with E-state index in [9.17, 15) is 23.2 Å². The van der Waals surface area contributed by atoms with Gasteiger partial charge in [0, 0.05) is 12.1 Å². The van der Waals surface area contributed by atoms with Crippen LogP contribution in [0.1, 0.15) is 26.3 Å². The summed E-state index contributed by atoms with van der Waals surface area (Å²) in [5.41, 5.74) is 4.47. The molecule has 3 amide bonds. The van der Waals surface area contributed by atoms with Crippen LogP contribution in [0.5, 0.6) is 11.5 Å². The second-order valence-electron chi connectivity index (χ2n) is 5.42. The summed E-state index contributed by atoms with van der Waals surface area (Å²) >= 11 is 0. The molecule has 0 bridgehead atoms. The van der Waals surface area contributed by atoms with Crippen LogP contribution < -0.4 is 25.6 Å². The van der Waals surface area contributed by atoms with E-state index in [1.165, 1.54) is 24.3 Å². The third-order valence-electron chi connectivity index (χ3n) is 2.84. The lowest BCUT2D eigenvalue weighted by Crippen LogP contribution is -2.49. The maximum Gasteiger partial charge on any atom is 0.387 e. The van der Waals surface area contributed by atoms with Gasteiger partial charge in [0.1, 0.15) is 0 Å². The molecule has 0 saturated carbocycles. The molecule has 3 N–H and O–H groups in total. The van der Waals surface area contributed by atoms with Crippen LogP contribution in [0.3, 0.4) is 0 Å². The molecule has 0 atom stereocenters. The van der Waals surface area contributed by atoms with Crippen molar-refractivity contribution in [3.05, 3.63) is 29.8 Å². The van der Waals surface area contributed by atoms with E-state index in [1.54, 1.807) is 20.8 Å². The zero-order valence-electron chi connectivity index (χ0n) is 15.0. The number of carbonyl (C=O) groups excluding carboxylic acids is 3. The fourth-order valence-corrected chi connectivity index (χ4v) is 1.81. The van der Waals surface area contributed by atoms with Crippen LogP contribution in [-0.2, 0) is 14.4 Å². The van der Waals surface area contributed by atoms with Gasteiger partial charge >= 0.3 is 18.4 Å². The van der Waals surface area contributed by atoms with Gasteiger partial charge in [-0.05, 0) is 44.5 Å². The lowest BCUT2D eigenvalue weighted by molar-refractivity contribution is -0.140. The normalized spacial score (nSPS) is 10.8. The zero-order chi connectivity index (χ0) is 20.4. The molecule has 1 aromatic rings. The largest absolute Gasteiger partial charge is 0.490 e. The Morgan fingerprint density at radius 1 is 1.11 bits per heavy atom. The first kappa shape index (κ1) is 21.9. The molecule has 10 heteroatoms. The number of hydrazine groups is 1. The van der Waals surface area contributed by atoms with Gasteiger partial charge in [0.15, 0.2) is 11.5 Å². The first-order chi connectivity index (χ1) is 12.7. The minimum atomic E-state index is -2.99. The molecule has 0 spiro atoms. The molecule has 0 aliphatic carbocycles. The van der Waals surface area contributed by atoms with Gasteiger partial charge in [0.2, 0.25) is 0 Å². The minimum absolute atomic E-state index is 0.0963. The highest BCUT2D eigenvalue weighted by molar-refractivity contribution is 6.35. The smallest absolute Gasteiger partial charge is 0.387 e. The molecule has 1 aromatic carbocycles. The number of nitrogens with one attached hydrogen (secondary N) is 3. The summed E-state index contributed by atoms with van der Waals surface area (Å²) in [5.74, 6) is -2.63. The Balaban J connectivity index is 2.67. The van der Waals surface area contributed by atoms with Gasteiger partial charge in [-0.25, -0.2) is 0 Å². The number of halogens is 2.